The molecule has 94 valence electrons. The number of nitrogens with one attached hydrogen (secondary N) is 1. The van der Waals surface area contributed by atoms with E-state index in [-0.39, 0.29) is 10.6 Å². The van der Waals surface area contributed by atoms with Crippen LogP contribution in [0, 0.1) is 12.7 Å². The summed E-state index contributed by atoms with van der Waals surface area (Å²) in [7, 11) is 0. The van der Waals surface area contributed by atoms with Gasteiger partial charge in [0.05, 0.1) is 11.4 Å². The van der Waals surface area contributed by atoms with Gasteiger partial charge in [0.15, 0.2) is 5.13 Å². The Hall–Kier alpha value is -1.47. The number of nitrogens with zero attached hydrogens (tertiary/aromatic N) is 1. The number of hydrogen-bond acceptors (Lipinski definition) is 4. The zero-order valence-corrected chi connectivity index (χ0v) is 11.6. The monoisotopic (exact) mass is 330 g/mol. The number of carboxylic acids is 1. The minimum Gasteiger partial charge on any atom is -0.477 e. The van der Waals surface area contributed by atoms with E-state index in [1.54, 1.807) is 19.1 Å². The Morgan fingerprint density at radius 3 is 2.83 bits per heavy atom. The van der Waals surface area contributed by atoms with Crippen molar-refractivity contribution in [1.82, 2.24) is 4.98 Å². The van der Waals surface area contributed by atoms with Gasteiger partial charge in [-0.1, -0.05) is 27.3 Å². The number of anilines is 2. The molecular formula is C11H8BrFN2O2S. The zero-order chi connectivity index (χ0) is 13.3. The molecule has 0 unspecified atom stereocenters. The van der Waals surface area contributed by atoms with E-state index in [1.165, 1.54) is 6.07 Å². The first-order valence-corrected chi connectivity index (χ1v) is 6.51. The van der Waals surface area contributed by atoms with Gasteiger partial charge in [0.25, 0.3) is 0 Å². The Labute approximate surface area is 115 Å². The predicted molar refractivity (Wildman–Crippen MR) is 71.2 cm³/mol. The fourth-order valence-electron chi connectivity index (χ4n) is 1.35. The number of benzene rings is 1. The molecular weight excluding hydrogens is 323 g/mol. The van der Waals surface area contributed by atoms with Crippen LogP contribution in [0.4, 0.5) is 15.2 Å². The van der Waals surface area contributed by atoms with Gasteiger partial charge in [0.2, 0.25) is 0 Å². The van der Waals surface area contributed by atoms with E-state index in [0.717, 1.165) is 11.3 Å². The highest BCUT2D eigenvalue weighted by Gasteiger charge is 2.14. The number of rotatable bonds is 3. The smallest absolute Gasteiger partial charge is 0.347 e. The molecule has 2 N–H and O–H groups in total. The third kappa shape index (κ3) is 2.68. The Bertz CT molecular complexity index is 615. The van der Waals surface area contributed by atoms with Crippen molar-refractivity contribution in [1.29, 1.82) is 0 Å². The fourth-order valence-corrected chi connectivity index (χ4v) is 2.51. The number of aryl methyl sites for hydroxylation is 1. The lowest BCUT2D eigenvalue weighted by molar-refractivity contribution is 0.0701. The standard InChI is InChI=1S/C11H8BrFN2O2S/c1-5-9(10(16)17)18-11(14-5)15-8-3-2-6(12)4-7(8)13/h2-4H,1H3,(H,14,15)(H,16,17). The summed E-state index contributed by atoms with van der Waals surface area (Å²) in [6.45, 7) is 1.60. The molecule has 1 aromatic heterocycles. The average molecular weight is 331 g/mol. The van der Waals surface area contributed by atoms with Crippen molar-refractivity contribution in [3.63, 3.8) is 0 Å². The molecule has 0 atom stereocenters. The Morgan fingerprint density at radius 1 is 1.56 bits per heavy atom. The van der Waals surface area contributed by atoms with Gasteiger partial charge in [-0.15, -0.1) is 0 Å². The van der Waals surface area contributed by atoms with E-state index in [9.17, 15) is 9.18 Å². The van der Waals surface area contributed by atoms with Gasteiger partial charge < -0.3 is 10.4 Å². The molecule has 0 saturated carbocycles. The molecule has 0 saturated heterocycles. The minimum absolute atomic E-state index is 0.148. The second kappa shape index (κ2) is 5.03. The quantitative estimate of drug-likeness (QED) is 0.898. The zero-order valence-electron chi connectivity index (χ0n) is 9.20. The molecule has 18 heavy (non-hydrogen) atoms. The number of aromatic nitrogens is 1. The van der Waals surface area contributed by atoms with Gasteiger partial charge in [0, 0.05) is 4.47 Å². The van der Waals surface area contributed by atoms with Crippen molar-refractivity contribution >= 4 is 44.1 Å². The van der Waals surface area contributed by atoms with Crippen molar-refractivity contribution < 1.29 is 14.3 Å². The molecule has 2 aromatic rings. The molecule has 0 aliphatic carbocycles. The summed E-state index contributed by atoms with van der Waals surface area (Å²) in [5.74, 6) is -1.47. The molecule has 0 aliphatic heterocycles. The van der Waals surface area contributed by atoms with E-state index in [2.05, 4.69) is 26.2 Å². The maximum Gasteiger partial charge on any atom is 0.347 e. The Morgan fingerprint density at radius 2 is 2.28 bits per heavy atom. The van der Waals surface area contributed by atoms with Crippen molar-refractivity contribution in [2.45, 2.75) is 6.92 Å². The molecule has 0 radical (unpaired) electrons. The lowest BCUT2D eigenvalue weighted by Crippen LogP contribution is -1.94. The second-order valence-electron chi connectivity index (χ2n) is 3.49. The lowest BCUT2D eigenvalue weighted by Gasteiger charge is -2.03. The van der Waals surface area contributed by atoms with Gasteiger partial charge in [-0.05, 0) is 25.1 Å². The first-order chi connectivity index (χ1) is 8.47. The maximum atomic E-state index is 13.6. The molecule has 0 aliphatic rings. The van der Waals surface area contributed by atoms with Crippen LogP contribution < -0.4 is 5.32 Å². The van der Waals surface area contributed by atoms with Gasteiger partial charge in [-0.3, -0.25) is 0 Å². The van der Waals surface area contributed by atoms with Gasteiger partial charge in [-0.2, -0.15) is 0 Å². The van der Waals surface area contributed by atoms with Gasteiger partial charge >= 0.3 is 5.97 Å². The summed E-state index contributed by atoms with van der Waals surface area (Å²) >= 11 is 4.13. The van der Waals surface area contributed by atoms with E-state index in [0.29, 0.717) is 15.3 Å². The second-order valence-corrected chi connectivity index (χ2v) is 5.40. The Balaban J connectivity index is 2.29. The van der Waals surface area contributed by atoms with E-state index in [1.807, 2.05) is 0 Å². The summed E-state index contributed by atoms with van der Waals surface area (Å²) in [5, 5.41) is 12.0. The third-order valence-corrected chi connectivity index (χ3v) is 3.72. The van der Waals surface area contributed by atoms with Crippen molar-refractivity contribution in [3.05, 3.63) is 39.1 Å². The molecule has 0 amide bonds. The van der Waals surface area contributed by atoms with Crippen LogP contribution in [0.3, 0.4) is 0 Å². The average Bonchev–Trinajstić information content (AvgIpc) is 2.64. The number of thiazole rings is 1. The van der Waals surface area contributed by atoms with Crippen LogP contribution in [0.1, 0.15) is 15.4 Å². The normalized spacial score (nSPS) is 10.4. The van der Waals surface area contributed by atoms with Crippen LogP contribution in [-0.2, 0) is 0 Å². The van der Waals surface area contributed by atoms with Crippen LogP contribution in [0.25, 0.3) is 0 Å². The lowest BCUT2D eigenvalue weighted by atomic mass is 10.3. The van der Waals surface area contributed by atoms with Crippen LogP contribution in [0.2, 0.25) is 0 Å². The van der Waals surface area contributed by atoms with Crippen molar-refractivity contribution in [2.24, 2.45) is 0 Å². The maximum absolute atomic E-state index is 13.6. The summed E-state index contributed by atoms with van der Waals surface area (Å²) in [6, 6.07) is 4.56. The minimum atomic E-state index is -1.03. The van der Waals surface area contributed by atoms with E-state index < -0.39 is 11.8 Å². The van der Waals surface area contributed by atoms with Crippen LogP contribution in [0.5, 0.6) is 0 Å². The molecule has 2 rings (SSSR count). The van der Waals surface area contributed by atoms with Crippen LogP contribution in [-0.4, -0.2) is 16.1 Å². The Kier molecular flexibility index (Phi) is 3.63. The van der Waals surface area contributed by atoms with E-state index in [4.69, 9.17) is 5.11 Å². The molecule has 7 heteroatoms. The molecule has 0 spiro atoms. The number of aromatic carboxylic acids is 1. The van der Waals surface area contributed by atoms with E-state index >= 15 is 0 Å². The number of halogens is 2. The number of hydrogen-bond donors (Lipinski definition) is 2. The number of carbonyl (C=O) groups is 1. The van der Waals surface area contributed by atoms with Gasteiger partial charge in [0.1, 0.15) is 10.7 Å². The first kappa shape index (κ1) is 13.0. The highest BCUT2D eigenvalue weighted by Crippen LogP contribution is 2.28. The summed E-state index contributed by atoms with van der Waals surface area (Å²) < 4.78 is 14.2. The molecule has 1 aromatic carbocycles. The highest BCUT2D eigenvalue weighted by atomic mass is 79.9. The van der Waals surface area contributed by atoms with Crippen LogP contribution >= 0.6 is 27.3 Å². The SMILES string of the molecule is Cc1nc(Nc2ccc(Br)cc2F)sc1C(=O)O. The van der Waals surface area contributed by atoms with Crippen molar-refractivity contribution in [2.75, 3.05) is 5.32 Å². The summed E-state index contributed by atoms with van der Waals surface area (Å²) in [6.07, 6.45) is 0. The molecule has 0 fully saturated rings. The topological polar surface area (TPSA) is 62.2 Å². The fraction of sp³-hybridized carbons (Fsp3) is 0.0909. The summed E-state index contributed by atoms with van der Waals surface area (Å²) in [4.78, 5) is 15.0. The predicted octanol–water partition coefficient (Wildman–Crippen LogP) is 3.79. The highest BCUT2D eigenvalue weighted by molar-refractivity contribution is 9.10. The molecule has 0 bridgehead atoms. The van der Waals surface area contributed by atoms with Crippen molar-refractivity contribution in [3.8, 4) is 0 Å². The largest absolute Gasteiger partial charge is 0.477 e. The van der Waals surface area contributed by atoms with Crippen LogP contribution in [0.15, 0.2) is 22.7 Å². The molecule has 4 nitrogen and oxygen atoms in total. The summed E-state index contributed by atoms with van der Waals surface area (Å²) in [5.41, 5.74) is 0.663. The third-order valence-electron chi connectivity index (χ3n) is 2.16. The molecule has 1 heterocycles. The first-order valence-electron chi connectivity index (χ1n) is 4.90. The number of carboxylic acid groups (broad SMARTS) is 1. The van der Waals surface area contributed by atoms with Gasteiger partial charge in [-0.25, -0.2) is 14.2 Å².